The van der Waals surface area contributed by atoms with Crippen LogP contribution in [0.3, 0.4) is 0 Å². The van der Waals surface area contributed by atoms with Crippen molar-refractivity contribution >= 4 is 40.5 Å². The van der Waals surface area contributed by atoms with Crippen molar-refractivity contribution in [1.29, 1.82) is 0 Å². The Balaban J connectivity index is 1.60. The fraction of sp³-hybridized carbons (Fsp3) is 0.250. The predicted molar refractivity (Wildman–Crippen MR) is 143 cm³/mol. The molecule has 7 heteroatoms. The maximum absolute atomic E-state index is 13.0. The second-order valence-electron chi connectivity index (χ2n) is 8.89. The van der Waals surface area contributed by atoms with Gasteiger partial charge in [-0.15, -0.1) is 0 Å². The molecule has 6 nitrogen and oxygen atoms in total. The van der Waals surface area contributed by atoms with Gasteiger partial charge in [0.05, 0.1) is 11.4 Å². The van der Waals surface area contributed by atoms with Gasteiger partial charge in [0.2, 0.25) is 11.8 Å². The summed E-state index contributed by atoms with van der Waals surface area (Å²) in [7, 11) is 3.98. The summed E-state index contributed by atoms with van der Waals surface area (Å²) in [6.07, 6.45) is 1.75. The zero-order chi connectivity index (χ0) is 24.8. The van der Waals surface area contributed by atoms with Crippen LogP contribution in [0.2, 0.25) is 5.02 Å². The third-order valence-electron chi connectivity index (χ3n) is 5.81. The summed E-state index contributed by atoms with van der Waals surface area (Å²) >= 11 is 6.31. The van der Waals surface area contributed by atoms with Crippen LogP contribution in [0.25, 0.3) is 0 Å². The fourth-order valence-electron chi connectivity index (χ4n) is 4.02. The molecule has 4 rings (SSSR count). The molecule has 0 fully saturated rings. The Morgan fingerprint density at radius 2 is 1.80 bits per heavy atom. The molecule has 0 aliphatic carbocycles. The summed E-state index contributed by atoms with van der Waals surface area (Å²) in [6, 6.07) is 22.2. The lowest BCUT2D eigenvalue weighted by Crippen LogP contribution is -2.27. The second kappa shape index (κ2) is 11.3. The van der Waals surface area contributed by atoms with Crippen molar-refractivity contribution in [3.8, 4) is 0 Å². The van der Waals surface area contributed by atoms with Gasteiger partial charge in [-0.1, -0.05) is 54.1 Å². The van der Waals surface area contributed by atoms with Crippen LogP contribution in [0.4, 0.5) is 11.4 Å². The average molecular weight is 489 g/mol. The van der Waals surface area contributed by atoms with E-state index in [9.17, 15) is 9.59 Å². The minimum atomic E-state index is -0.588. The highest BCUT2D eigenvalue weighted by Gasteiger charge is 2.26. The number of fused-ring (bicyclic) bond motifs is 1. The minimum absolute atomic E-state index is 0.0127. The van der Waals surface area contributed by atoms with Gasteiger partial charge in [-0.25, -0.2) is 0 Å². The topological polar surface area (TPSA) is 73.8 Å². The highest BCUT2D eigenvalue weighted by atomic mass is 35.5. The van der Waals surface area contributed by atoms with E-state index < -0.39 is 6.04 Å². The molecule has 1 aliphatic rings. The van der Waals surface area contributed by atoms with E-state index in [0.717, 1.165) is 35.3 Å². The molecule has 0 aromatic heterocycles. The Morgan fingerprint density at radius 3 is 2.51 bits per heavy atom. The van der Waals surface area contributed by atoms with Crippen molar-refractivity contribution in [3.05, 3.63) is 94.5 Å². The van der Waals surface area contributed by atoms with Crippen LogP contribution in [-0.2, 0) is 16.0 Å². The highest BCUT2D eigenvalue weighted by molar-refractivity contribution is 6.32. The van der Waals surface area contributed by atoms with Crippen LogP contribution in [0, 0.1) is 0 Å². The number of anilines is 2. The monoisotopic (exact) mass is 488 g/mol. The van der Waals surface area contributed by atoms with Crippen molar-refractivity contribution in [2.75, 3.05) is 31.3 Å². The van der Waals surface area contributed by atoms with Crippen LogP contribution < -0.4 is 10.6 Å². The quantitative estimate of drug-likeness (QED) is 0.467. The summed E-state index contributed by atoms with van der Waals surface area (Å²) in [5, 5.41) is 6.53. The molecule has 1 aliphatic heterocycles. The Labute approximate surface area is 211 Å². The molecule has 2 amide bonds. The van der Waals surface area contributed by atoms with Gasteiger partial charge in [-0.05, 0) is 63.0 Å². The van der Waals surface area contributed by atoms with Crippen molar-refractivity contribution < 1.29 is 9.59 Å². The van der Waals surface area contributed by atoms with E-state index in [1.54, 1.807) is 12.1 Å². The number of benzene rings is 3. The molecule has 0 radical (unpaired) electrons. The number of amides is 2. The number of rotatable bonds is 8. The number of nitrogens with one attached hydrogen (secondary N) is 2. The highest BCUT2D eigenvalue weighted by Crippen LogP contribution is 2.28. The van der Waals surface area contributed by atoms with Crippen LogP contribution in [0.1, 0.15) is 29.5 Å². The molecule has 180 valence electrons. The van der Waals surface area contributed by atoms with Gasteiger partial charge in [-0.3, -0.25) is 14.6 Å². The summed E-state index contributed by atoms with van der Waals surface area (Å²) in [4.78, 5) is 32.3. The number of carbonyl (C=O) groups is 2. The molecular formula is C28H29ClN4O2. The lowest BCUT2D eigenvalue weighted by atomic mass is 10.00. The van der Waals surface area contributed by atoms with Gasteiger partial charge in [-0.2, -0.15) is 0 Å². The second-order valence-corrected chi connectivity index (χ2v) is 9.33. The predicted octanol–water partition coefficient (Wildman–Crippen LogP) is 5.02. The lowest BCUT2D eigenvalue weighted by Gasteiger charge is -2.12. The molecule has 1 heterocycles. The van der Waals surface area contributed by atoms with E-state index in [1.165, 1.54) is 0 Å². The SMILES string of the molecule is CN(C)CCCC(=O)Nc1ccc(C2=NC(Cc3ccccc3)C(=O)Nc3ccc(Cl)cc32)cc1. The van der Waals surface area contributed by atoms with Gasteiger partial charge in [0.1, 0.15) is 6.04 Å². The number of nitrogens with zero attached hydrogens (tertiary/aromatic N) is 2. The van der Waals surface area contributed by atoms with Crippen molar-refractivity contribution in [3.63, 3.8) is 0 Å². The molecule has 0 spiro atoms. The normalized spacial score (nSPS) is 15.1. The number of benzodiazepines with no additional fused rings is 1. The summed E-state index contributed by atoms with van der Waals surface area (Å²) in [5.41, 5.74) is 4.72. The first-order valence-electron chi connectivity index (χ1n) is 11.7. The van der Waals surface area contributed by atoms with Gasteiger partial charge >= 0.3 is 0 Å². The third kappa shape index (κ3) is 6.56. The third-order valence-corrected chi connectivity index (χ3v) is 6.04. The van der Waals surface area contributed by atoms with Crippen molar-refractivity contribution in [2.24, 2.45) is 4.99 Å². The molecule has 0 saturated carbocycles. The fourth-order valence-corrected chi connectivity index (χ4v) is 4.19. The molecule has 3 aromatic carbocycles. The maximum Gasteiger partial charge on any atom is 0.249 e. The Kier molecular flexibility index (Phi) is 7.95. The molecule has 35 heavy (non-hydrogen) atoms. The number of hydrogen-bond donors (Lipinski definition) is 2. The summed E-state index contributed by atoms with van der Waals surface area (Å²) in [6.45, 7) is 0.866. The van der Waals surface area contributed by atoms with Crippen molar-refractivity contribution in [2.45, 2.75) is 25.3 Å². The molecule has 1 atom stereocenters. The first-order valence-corrected chi connectivity index (χ1v) is 12.0. The average Bonchev–Trinajstić information content (AvgIpc) is 2.96. The van der Waals surface area contributed by atoms with Gasteiger partial charge < -0.3 is 15.5 Å². The van der Waals surface area contributed by atoms with E-state index in [-0.39, 0.29) is 11.8 Å². The van der Waals surface area contributed by atoms with Crippen LogP contribution in [-0.4, -0.2) is 49.1 Å². The van der Waals surface area contributed by atoms with Crippen LogP contribution in [0.15, 0.2) is 77.8 Å². The van der Waals surface area contributed by atoms with Gasteiger partial charge in [0.25, 0.3) is 0 Å². The van der Waals surface area contributed by atoms with Crippen molar-refractivity contribution in [1.82, 2.24) is 4.90 Å². The van der Waals surface area contributed by atoms with Crippen LogP contribution >= 0.6 is 11.6 Å². The van der Waals surface area contributed by atoms with Gasteiger partial charge in [0.15, 0.2) is 0 Å². The Morgan fingerprint density at radius 1 is 1.06 bits per heavy atom. The largest absolute Gasteiger partial charge is 0.326 e. The standard InChI is InChI=1S/C28H29ClN4O2/c1-33(2)16-6-9-26(34)30-22-13-10-20(11-14-22)27-23-18-21(29)12-15-24(23)32-28(35)25(31-27)17-19-7-4-3-5-8-19/h3-5,7-8,10-15,18,25H,6,9,16-17H2,1-2H3,(H,30,34)(H,32,35). The molecule has 0 bridgehead atoms. The lowest BCUT2D eigenvalue weighted by molar-refractivity contribution is -0.117. The maximum atomic E-state index is 13.0. The van der Waals surface area contributed by atoms with E-state index in [0.29, 0.717) is 29.3 Å². The van der Waals surface area contributed by atoms with E-state index >= 15 is 0 Å². The molecule has 2 N–H and O–H groups in total. The van der Waals surface area contributed by atoms with E-state index in [4.69, 9.17) is 16.6 Å². The molecule has 1 unspecified atom stereocenters. The molecule has 0 saturated heterocycles. The Bertz CT molecular complexity index is 1220. The Hall–Kier alpha value is -3.48. The number of carbonyl (C=O) groups excluding carboxylic acids is 2. The minimum Gasteiger partial charge on any atom is -0.326 e. The first-order chi connectivity index (χ1) is 16.9. The summed E-state index contributed by atoms with van der Waals surface area (Å²) < 4.78 is 0. The zero-order valence-electron chi connectivity index (χ0n) is 19.9. The van der Waals surface area contributed by atoms with E-state index in [2.05, 4.69) is 15.5 Å². The van der Waals surface area contributed by atoms with Gasteiger partial charge in [0, 0.05) is 34.7 Å². The van der Waals surface area contributed by atoms with E-state index in [1.807, 2.05) is 74.8 Å². The number of hydrogen-bond acceptors (Lipinski definition) is 4. The number of aliphatic imine (C=N–C) groups is 1. The number of halogens is 1. The first kappa shape index (κ1) is 24.6. The molecule has 3 aromatic rings. The molecular weight excluding hydrogens is 460 g/mol. The smallest absolute Gasteiger partial charge is 0.249 e. The summed E-state index contributed by atoms with van der Waals surface area (Å²) in [5.74, 6) is -0.171. The van der Waals surface area contributed by atoms with Crippen LogP contribution in [0.5, 0.6) is 0 Å². The zero-order valence-corrected chi connectivity index (χ0v) is 20.7.